The summed E-state index contributed by atoms with van der Waals surface area (Å²) in [7, 11) is 0. The van der Waals surface area contributed by atoms with Gasteiger partial charge in [0, 0.05) is 0 Å². The van der Waals surface area contributed by atoms with Crippen LogP contribution in [-0.2, 0) is 9.53 Å². The second kappa shape index (κ2) is 5.36. The van der Waals surface area contributed by atoms with Gasteiger partial charge in [0.1, 0.15) is 0 Å². The minimum absolute atomic E-state index is 0.108. The van der Waals surface area contributed by atoms with Crippen LogP contribution in [0.25, 0.3) is 0 Å². The Morgan fingerprint density at radius 2 is 2.12 bits per heavy atom. The molecule has 0 aromatic carbocycles. The van der Waals surface area contributed by atoms with Gasteiger partial charge in [0.15, 0.2) is 0 Å². The molecule has 0 radical (unpaired) electrons. The average molecular weight is 241 g/mol. The van der Waals surface area contributed by atoms with Gasteiger partial charge in [-0.3, -0.25) is 4.79 Å². The largest absolute Gasteiger partial charge is 0.481 e. The normalized spacial score (nSPS) is 28.6. The maximum Gasteiger partial charge on any atom is 0.306 e. The fraction of sp³-hybridized carbons (Fsp3) is 0.923. The lowest BCUT2D eigenvalue weighted by Gasteiger charge is -2.24. The van der Waals surface area contributed by atoms with E-state index in [-0.39, 0.29) is 17.6 Å². The topological polar surface area (TPSA) is 72.5 Å². The Balaban J connectivity index is 1.85. The van der Waals surface area contributed by atoms with Crippen LogP contribution < -0.4 is 5.73 Å². The van der Waals surface area contributed by atoms with Gasteiger partial charge in [-0.2, -0.15) is 0 Å². The Hall–Kier alpha value is -0.610. The quantitative estimate of drug-likeness (QED) is 0.771. The molecule has 0 amide bonds. The predicted octanol–water partition coefficient (Wildman–Crippen LogP) is 1.92. The summed E-state index contributed by atoms with van der Waals surface area (Å²) in [5.74, 6) is -1.06. The highest BCUT2D eigenvalue weighted by molar-refractivity contribution is 5.69. The molecule has 1 heterocycles. The average Bonchev–Trinajstić information content (AvgIpc) is 2.89. The van der Waals surface area contributed by atoms with Crippen molar-refractivity contribution in [3.05, 3.63) is 0 Å². The molecule has 2 atom stereocenters. The first kappa shape index (κ1) is 12.8. The van der Waals surface area contributed by atoms with E-state index in [1.165, 1.54) is 12.8 Å². The van der Waals surface area contributed by atoms with Crippen LogP contribution in [-0.4, -0.2) is 29.3 Å². The lowest BCUT2D eigenvalue weighted by Crippen LogP contribution is -2.28. The number of ether oxygens (including phenoxy) is 1. The maximum absolute atomic E-state index is 11.1. The van der Waals surface area contributed by atoms with Crippen molar-refractivity contribution in [3.8, 4) is 0 Å². The number of carbonyl (C=O) groups is 1. The summed E-state index contributed by atoms with van der Waals surface area (Å²) in [5.41, 5.74) is 5.56. The smallest absolute Gasteiger partial charge is 0.306 e. The van der Waals surface area contributed by atoms with Gasteiger partial charge in [-0.05, 0) is 45.1 Å². The van der Waals surface area contributed by atoms with Crippen LogP contribution >= 0.6 is 0 Å². The third-order valence-corrected chi connectivity index (χ3v) is 4.27. The van der Waals surface area contributed by atoms with Crippen LogP contribution in [0.1, 0.15) is 51.4 Å². The first-order valence-corrected chi connectivity index (χ1v) is 6.76. The third kappa shape index (κ3) is 2.99. The first-order valence-electron chi connectivity index (χ1n) is 6.76. The summed E-state index contributed by atoms with van der Waals surface area (Å²) in [4.78, 5) is 11.1. The summed E-state index contributed by atoms with van der Waals surface area (Å²) in [6.07, 6.45) is 8.32. The molecule has 0 aromatic heterocycles. The van der Waals surface area contributed by atoms with Crippen molar-refractivity contribution in [3.63, 3.8) is 0 Å². The van der Waals surface area contributed by atoms with Crippen molar-refractivity contribution in [1.29, 1.82) is 0 Å². The number of nitrogens with two attached hydrogens (primary N) is 1. The number of hydrogen-bond acceptors (Lipinski definition) is 3. The van der Waals surface area contributed by atoms with Crippen molar-refractivity contribution in [2.45, 2.75) is 63.1 Å². The van der Waals surface area contributed by atoms with Gasteiger partial charge in [0.05, 0.1) is 17.6 Å². The van der Waals surface area contributed by atoms with Gasteiger partial charge in [-0.25, -0.2) is 0 Å². The van der Waals surface area contributed by atoms with Crippen molar-refractivity contribution < 1.29 is 14.6 Å². The SMILES string of the molecule is NCCC(CC1CCC2(CCCC2)O1)C(=O)O. The minimum Gasteiger partial charge on any atom is -0.481 e. The van der Waals surface area contributed by atoms with Crippen LogP contribution in [0.3, 0.4) is 0 Å². The van der Waals surface area contributed by atoms with Gasteiger partial charge >= 0.3 is 5.97 Å². The number of carboxylic acid groups (broad SMARTS) is 1. The molecule has 1 saturated carbocycles. The van der Waals surface area contributed by atoms with Crippen LogP contribution in [0.15, 0.2) is 0 Å². The van der Waals surface area contributed by atoms with Gasteiger partial charge in [-0.15, -0.1) is 0 Å². The van der Waals surface area contributed by atoms with E-state index in [9.17, 15) is 4.79 Å². The molecule has 2 rings (SSSR count). The van der Waals surface area contributed by atoms with Crippen LogP contribution in [0, 0.1) is 5.92 Å². The lowest BCUT2D eigenvalue weighted by molar-refractivity contribution is -0.144. The van der Waals surface area contributed by atoms with Gasteiger partial charge in [0.25, 0.3) is 0 Å². The molecule has 4 heteroatoms. The van der Waals surface area contributed by atoms with E-state index in [1.54, 1.807) is 0 Å². The summed E-state index contributed by atoms with van der Waals surface area (Å²) < 4.78 is 6.13. The molecule has 98 valence electrons. The van der Waals surface area contributed by atoms with E-state index >= 15 is 0 Å². The molecule has 1 aliphatic heterocycles. The Bertz CT molecular complexity index is 274. The molecule has 2 unspecified atom stereocenters. The molecular weight excluding hydrogens is 218 g/mol. The highest BCUT2D eigenvalue weighted by atomic mass is 16.5. The van der Waals surface area contributed by atoms with E-state index in [0.717, 1.165) is 25.7 Å². The summed E-state index contributed by atoms with van der Waals surface area (Å²) in [5, 5.41) is 9.11. The molecule has 0 aromatic rings. The molecule has 4 nitrogen and oxygen atoms in total. The fourth-order valence-corrected chi connectivity index (χ4v) is 3.31. The monoisotopic (exact) mass is 241 g/mol. The Morgan fingerprint density at radius 3 is 2.71 bits per heavy atom. The zero-order valence-corrected chi connectivity index (χ0v) is 10.4. The molecule has 3 N–H and O–H groups in total. The van der Waals surface area contributed by atoms with Crippen molar-refractivity contribution in [1.82, 2.24) is 0 Å². The van der Waals surface area contributed by atoms with E-state index < -0.39 is 5.97 Å². The van der Waals surface area contributed by atoms with Crippen LogP contribution in [0.2, 0.25) is 0 Å². The molecule has 1 saturated heterocycles. The van der Waals surface area contributed by atoms with Crippen molar-refractivity contribution >= 4 is 5.97 Å². The van der Waals surface area contributed by atoms with E-state index in [4.69, 9.17) is 15.6 Å². The van der Waals surface area contributed by atoms with Crippen molar-refractivity contribution in [2.24, 2.45) is 11.7 Å². The molecule has 2 fully saturated rings. The number of aliphatic carboxylic acids is 1. The lowest BCUT2D eigenvalue weighted by atomic mass is 9.95. The Labute approximate surface area is 103 Å². The Morgan fingerprint density at radius 1 is 1.41 bits per heavy atom. The highest BCUT2D eigenvalue weighted by Gasteiger charge is 2.42. The third-order valence-electron chi connectivity index (χ3n) is 4.27. The zero-order chi connectivity index (χ0) is 12.3. The van der Waals surface area contributed by atoms with Crippen LogP contribution in [0.4, 0.5) is 0 Å². The molecule has 2 aliphatic rings. The molecule has 0 bridgehead atoms. The summed E-state index contributed by atoms with van der Waals surface area (Å²) in [6, 6.07) is 0. The van der Waals surface area contributed by atoms with E-state index in [1.807, 2.05) is 0 Å². The predicted molar refractivity (Wildman–Crippen MR) is 64.7 cm³/mol. The minimum atomic E-state index is -0.730. The van der Waals surface area contributed by atoms with Gasteiger partial charge < -0.3 is 15.6 Å². The zero-order valence-electron chi connectivity index (χ0n) is 10.4. The summed E-state index contributed by atoms with van der Waals surface area (Å²) >= 11 is 0. The molecule has 1 aliphatic carbocycles. The second-order valence-electron chi connectivity index (χ2n) is 5.52. The Kier molecular flexibility index (Phi) is 4.05. The number of rotatable bonds is 5. The van der Waals surface area contributed by atoms with Gasteiger partial charge in [0.2, 0.25) is 0 Å². The molecule has 1 spiro atoms. The van der Waals surface area contributed by atoms with Crippen molar-refractivity contribution in [2.75, 3.05) is 6.54 Å². The van der Waals surface area contributed by atoms with Crippen LogP contribution in [0.5, 0.6) is 0 Å². The molecule has 17 heavy (non-hydrogen) atoms. The first-order chi connectivity index (χ1) is 8.15. The van der Waals surface area contributed by atoms with Gasteiger partial charge in [-0.1, -0.05) is 12.8 Å². The standard InChI is InChI=1S/C13H23NO3/c14-8-4-10(12(15)16)9-11-3-7-13(17-11)5-1-2-6-13/h10-11H,1-9,14H2,(H,15,16). The van der Waals surface area contributed by atoms with E-state index in [0.29, 0.717) is 19.4 Å². The van der Waals surface area contributed by atoms with E-state index in [2.05, 4.69) is 0 Å². The maximum atomic E-state index is 11.1. The fourth-order valence-electron chi connectivity index (χ4n) is 3.31. The summed E-state index contributed by atoms with van der Waals surface area (Å²) in [6.45, 7) is 0.439. The molecular formula is C13H23NO3. The second-order valence-corrected chi connectivity index (χ2v) is 5.52. The number of hydrogen-bond donors (Lipinski definition) is 2. The number of carboxylic acids is 1. The highest BCUT2D eigenvalue weighted by Crippen LogP contribution is 2.44.